The molecule has 0 saturated carbocycles. The second kappa shape index (κ2) is 13.3. The summed E-state index contributed by atoms with van der Waals surface area (Å²) in [5, 5.41) is 13.2. The van der Waals surface area contributed by atoms with E-state index in [1.165, 1.54) is 39.0 Å². The quantitative estimate of drug-likeness (QED) is 0.165. The lowest BCUT2D eigenvalue weighted by molar-refractivity contribution is 0.815. The molecule has 266 valence electrons. The second-order valence-corrected chi connectivity index (χ2v) is 14.8. The van der Waals surface area contributed by atoms with E-state index < -0.39 is 0 Å². The van der Waals surface area contributed by atoms with Gasteiger partial charge in [-0.15, -0.1) is 0 Å². The Morgan fingerprint density at radius 2 is 1.39 bits per heavy atom. The van der Waals surface area contributed by atoms with Gasteiger partial charge in [-0.05, 0) is 81.1 Å². The summed E-state index contributed by atoms with van der Waals surface area (Å²) in [4.78, 5) is 10.4. The van der Waals surface area contributed by atoms with Gasteiger partial charge in [0, 0.05) is 34.1 Å². The third-order valence-electron chi connectivity index (χ3n) is 11.4. The highest BCUT2D eigenvalue weighted by Crippen LogP contribution is 2.37. The zero-order valence-corrected chi connectivity index (χ0v) is 30.6. The van der Waals surface area contributed by atoms with Crippen molar-refractivity contribution < 1.29 is 0 Å². The number of pyridine rings is 2. The molecule has 2 unspecified atom stereocenters. The van der Waals surface area contributed by atoms with Gasteiger partial charge in [0.15, 0.2) is 0 Å². The number of benzene rings is 5. The maximum Gasteiger partial charge on any atom is 0.0947 e. The largest absolute Gasteiger partial charge is 0.387 e. The summed E-state index contributed by atoms with van der Waals surface area (Å²) in [6, 6.07) is 45.5. The fourth-order valence-corrected chi connectivity index (χ4v) is 8.36. The van der Waals surface area contributed by atoms with E-state index in [9.17, 15) is 0 Å². The Kier molecular flexibility index (Phi) is 7.62. The van der Waals surface area contributed by atoms with Crippen LogP contribution in [0.25, 0.3) is 67.7 Å². The molecule has 3 aliphatic heterocycles. The normalized spacial score (nSPS) is 17.8. The zero-order chi connectivity index (χ0) is 37.0. The molecule has 5 heteroatoms. The molecule has 2 aromatic heterocycles. The number of aromatic nitrogens is 2. The summed E-state index contributed by atoms with van der Waals surface area (Å²) in [7, 11) is 0. The fourth-order valence-electron chi connectivity index (χ4n) is 8.36. The summed E-state index contributed by atoms with van der Waals surface area (Å²) in [5.74, 6) is 0. The molecule has 56 heavy (non-hydrogen) atoms. The molecule has 3 N–H and O–H groups in total. The van der Waals surface area contributed by atoms with Gasteiger partial charge in [-0.1, -0.05) is 146 Å². The molecule has 0 fully saturated rings. The SMILES string of the molecule is C1=Cc2cccc(-c3ccc4ccc(C5=CC=C6C=CC(c7ccc(-c8ccc9ccc%10c(c9n8)NC(c8ccccc8)C=C%10)cc7)=CC6N5)cc4n3)c2CN1. The molecule has 4 aliphatic rings. The molecule has 0 saturated heterocycles. The number of fused-ring (bicyclic) bond motifs is 6. The maximum atomic E-state index is 5.22. The van der Waals surface area contributed by atoms with Crippen LogP contribution in [-0.4, -0.2) is 16.0 Å². The number of nitrogens with one attached hydrogen (secondary N) is 3. The van der Waals surface area contributed by atoms with E-state index in [1.807, 2.05) is 6.20 Å². The molecule has 1 aliphatic carbocycles. The van der Waals surface area contributed by atoms with E-state index in [4.69, 9.17) is 9.97 Å². The molecule has 0 spiro atoms. The van der Waals surface area contributed by atoms with Crippen molar-refractivity contribution in [3.05, 3.63) is 209 Å². The van der Waals surface area contributed by atoms with Crippen LogP contribution in [0.1, 0.15) is 39.4 Å². The minimum absolute atomic E-state index is 0.0654. The molecule has 7 aromatic rings. The first-order chi connectivity index (χ1) is 27.7. The van der Waals surface area contributed by atoms with Crippen LogP contribution in [0.4, 0.5) is 5.69 Å². The number of hydrogen-bond acceptors (Lipinski definition) is 5. The molecule has 2 atom stereocenters. The van der Waals surface area contributed by atoms with Crippen LogP contribution in [0.2, 0.25) is 0 Å². The molecule has 0 radical (unpaired) electrons. The van der Waals surface area contributed by atoms with E-state index >= 15 is 0 Å². The van der Waals surface area contributed by atoms with Gasteiger partial charge >= 0.3 is 0 Å². The van der Waals surface area contributed by atoms with Crippen LogP contribution in [0.15, 0.2) is 176 Å². The molecule has 11 rings (SSSR count). The van der Waals surface area contributed by atoms with Gasteiger partial charge in [0.05, 0.1) is 40.2 Å². The lowest BCUT2D eigenvalue weighted by atomic mass is 9.90. The smallest absolute Gasteiger partial charge is 0.0947 e. The number of dihydropyridines is 1. The van der Waals surface area contributed by atoms with Gasteiger partial charge in [0.25, 0.3) is 0 Å². The fraction of sp³-hybridized carbons (Fsp3) is 0.0588. The predicted molar refractivity (Wildman–Crippen MR) is 232 cm³/mol. The van der Waals surface area contributed by atoms with Crippen molar-refractivity contribution in [3.8, 4) is 22.5 Å². The van der Waals surface area contributed by atoms with Gasteiger partial charge in [0.2, 0.25) is 0 Å². The monoisotopic (exact) mass is 719 g/mol. The Morgan fingerprint density at radius 3 is 2.32 bits per heavy atom. The van der Waals surface area contributed by atoms with Crippen molar-refractivity contribution in [3.63, 3.8) is 0 Å². The number of anilines is 1. The average Bonchev–Trinajstić information content (AvgIpc) is 3.28. The highest BCUT2D eigenvalue weighted by atomic mass is 14.9. The Hall–Kier alpha value is -7.24. The standard InChI is InChI=1S/C51H37N5/c1-2-5-34(6-3-1)44-24-21-38-15-16-39-22-25-45(56-51(39)50(38)55-44)35-11-9-32(10-12-35)40-17-13-36-19-23-46(53-48(36)29-40)41-18-14-37-20-26-47(54-49(37)30-41)42-8-4-7-33-27-28-52-31-43(33)42/h1-30,44,48,52-53,55H,31H2. The summed E-state index contributed by atoms with van der Waals surface area (Å²) in [6.45, 7) is 0.804. The Labute approximate surface area is 325 Å². The lowest BCUT2D eigenvalue weighted by Crippen LogP contribution is -2.30. The van der Waals surface area contributed by atoms with Crippen molar-refractivity contribution in [2.75, 3.05) is 5.32 Å². The molecule has 5 aromatic carbocycles. The van der Waals surface area contributed by atoms with Crippen LogP contribution in [0, 0.1) is 0 Å². The summed E-state index contributed by atoms with van der Waals surface area (Å²) in [5.41, 5.74) is 18.0. The molecule has 0 amide bonds. The first-order valence-corrected chi connectivity index (χ1v) is 19.3. The second-order valence-electron chi connectivity index (χ2n) is 14.8. The van der Waals surface area contributed by atoms with E-state index in [2.05, 4.69) is 192 Å². The number of hydrogen-bond donors (Lipinski definition) is 3. The lowest BCUT2D eigenvalue weighted by Gasteiger charge is -2.27. The van der Waals surface area contributed by atoms with E-state index in [1.54, 1.807) is 0 Å². The minimum Gasteiger partial charge on any atom is -0.387 e. The van der Waals surface area contributed by atoms with Gasteiger partial charge in [0.1, 0.15) is 0 Å². The molecular weight excluding hydrogens is 683 g/mol. The highest BCUT2D eigenvalue weighted by Gasteiger charge is 2.21. The van der Waals surface area contributed by atoms with Crippen molar-refractivity contribution in [2.45, 2.75) is 18.6 Å². The Balaban J connectivity index is 0.840. The first kappa shape index (κ1) is 32.2. The van der Waals surface area contributed by atoms with Gasteiger partial charge in [-0.2, -0.15) is 0 Å². The highest BCUT2D eigenvalue weighted by molar-refractivity contribution is 5.97. The van der Waals surface area contributed by atoms with Crippen LogP contribution in [-0.2, 0) is 6.54 Å². The number of rotatable bonds is 5. The maximum absolute atomic E-state index is 5.22. The summed E-state index contributed by atoms with van der Waals surface area (Å²) >= 11 is 0. The average molecular weight is 720 g/mol. The van der Waals surface area contributed by atoms with Crippen LogP contribution < -0.4 is 16.0 Å². The Bertz CT molecular complexity index is 2910. The van der Waals surface area contributed by atoms with E-state index in [-0.39, 0.29) is 12.1 Å². The third-order valence-corrected chi connectivity index (χ3v) is 11.4. The first-order valence-electron chi connectivity index (χ1n) is 19.3. The molecule has 5 nitrogen and oxygen atoms in total. The van der Waals surface area contributed by atoms with Crippen molar-refractivity contribution in [1.82, 2.24) is 20.6 Å². The van der Waals surface area contributed by atoms with Gasteiger partial charge in [-0.3, -0.25) is 0 Å². The predicted octanol–water partition coefficient (Wildman–Crippen LogP) is 11.3. The van der Waals surface area contributed by atoms with E-state index in [0.29, 0.717) is 0 Å². The summed E-state index contributed by atoms with van der Waals surface area (Å²) < 4.78 is 0. The third kappa shape index (κ3) is 5.73. The number of nitrogens with zero attached hydrogens (tertiary/aromatic N) is 2. The van der Waals surface area contributed by atoms with Crippen LogP contribution in [0.3, 0.4) is 0 Å². The van der Waals surface area contributed by atoms with Crippen LogP contribution in [0.5, 0.6) is 0 Å². The Morgan fingerprint density at radius 1 is 0.571 bits per heavy atom. The van der Waals surface area contributed by atoms with Crippen molar-refractivity contribution in [1.29, 1.82) is 0 Å². The molecule has 0 bridgehead atoms. The zero-order valence-electron chi connectivity index (χ0n) is 30.6. The van der Waals surface area contributed by atoms with Crippen LogP contribution >= 0.6 is 0 Å². The van der Waals surface area contributed by atoms with Crippen molar-refractivity contribution >= 4 is 50.9 Å². The summed E-state index contributed by atoms with van der Waals surface area (Å²) in [6.07, 6.45) is 19.8. The molecule has 5 heterocycles. The topological polar surface area (TPSA) is 61.9 Å². The van der Waals surface area contributed by atoms with Gasteiger partial charge in [-0.25, -0.2) is 9.97 Å². The van der Waals surface area contributed by atoms with E-state index in [0.717, 1.165) is 67.8 Å². The van der Waals surface area contributed by atoms with Gasteiger partial charge < -0.3 is 16.0 Å². The minimum atomic E-state index is 0.0654. The molecular formula is C51H37N5. The number of allylic oxidation sites excluding steroid dienone is 4. The van der Waals surface area contributed by atoms with Crippen molar-refractivity contribution in [2.24, 2.45) is 0 Å².